The lowest BCUT2D eigenvalue weighted by Crippen LogP contribution is -2.51. The van der Waals surface area contributed by atoms with Crippen molar-refractivity contribution in [1.82, 2.24) is 19.7 Å². The van der Waals surface area contributed by atoms with Crippen LogP contribution in [0.2, 0.25) is 0 Å². The average Bonchev–Trinajstić information content (AvgIpc) is 3.14. The van der Waals surface area contributed by atoms with E-state index in [0.29, 0.717) is 25.0 Å². The van der Waals surface area contributed by atoms with E-state index in [1.807, 2.05) is 24.2 Å². The first-order valence-corrected chi connectivity index (χ1v) is 10.3. The fraction of sp³-hybridized carbons (Fsp3) is 0.600. The Hall–Kier alpha value is -2.68. The van der Waals surface area contributed by atoms with Crippen molar-refractivity contribution in [2.24, 2.45) is 13.0 Å². The summed E-state index contributed by atoms with van der Waals surface area (Å²) in [7, 11) is 1.85. The number of carbonyl (C=O) groups excluding carboxylic acids is 1. The zero-order valence-electron chi connectivity index (χ0n) is 17.3. The van der Waals surface area contributed by atoms with E-state index in [-0.39, 0.29) is 24.6 Å². The van der Waals surface area contributed by atoms with E-state index in [1.54, 1.807) is 22.0 Å². The van der Waals surface area contributed by atoms with Crippen LogP contribution in [0.5, 0.6) is 0 Å². The highest BCUT2D eigenvalue weighted by atomic mass is 16.5. The van der Waals surface area contributed by atoms with Gasteiger partial charge in [0, 0.05) is 39.1 Å². The lowest BCUT2D eigenvalue weighted by atomic mass is 9.94. The van der Waals surface area contributed by atoms with Crippen molar-refractivity contribution in [1.29, 1.82) is 0 Å². The van der Waals surface area contributed by atoms with Crippen LogP contribution in [0.1, 0.15) is 26.7 Å². The van der Waals surface area contributed by atoms with E-state index < -0.39 is 0 Å². The number of piperazine rings is 1. The normalized spacial score (nSPS) is 23.0. The molecule has 1 amide bonds. The van der Waals surface area contributed by atoms with Crippen molar-refractivity contribution in [2.45, 2.75) is 38.8 Å². The van der Waals surface area contributed by atoms with Gasteiger partial charge in [0.1, 0.15) is 12.4 Å². The number of ether oxygens (including phenoxy) is 1. The molecule has 1 N–H and O–H groups in total. The molecule has 2 aliphatic heterocycles. The van der Waals surface area contributed by atoms with Crippen LogP contribution in [0.4, 0.5) is 17.5 Å². The molecule has 2 aliphatic rings. The number of rotatable bonds is 5. The van der Waals surface area contributed by atoms with Gasteiger partial charge in [-0.25, -0.2) is 4.98 Å². The summed E-state index contributed by atoms with van der Waals surface area (Å²) in [6.45, 7) is 6.69. The summed E-state index contributed by atoms with van der Waals surface area (Å²) in [4.78, 5) is 25.4. The number of nitrogens with one attached hydrogen (secondary N) is 1. The summed E-state index contributed by atoms with van der Waals surface area (Å²) in [5.41, 5.74) is 0.825. The first kappa shape index (κ1) is 19.6. The Morgan fingerprint density at radius 1 is 1.31 bits per heavy atom. The number of anilines is 3. The zero-order chi connectivity index (χ0) is 20.4. The molecule has 0 radical (unpaired) electrons. The van der Waals surface area contributed by atoms with E-state index >= 15 is 0 Å². The van der Waals surface area contributed by atoms with E-state index in [0.717, 1.165) is 31.0 Å². The van der Waals surface area contributed by atoms with Gasteiger partial charge in [-0.2, -0.15) is 10.1 Å². The molecule has 0 aromatic carbocycles. The van der Waals surface area contributed by atoms with Crippen molar-refractivity contribution in [3.63, 3.8) is 0 Å². The number of carbonyl (C=O) groups is 1. The Morgan fingerprint density at radius 3 is 2.90 bits per heavy atom. The Kier molecular flexibility index (Phi) is 5.66. The summed E-state index contributed by atoms with van der Waals surface area (Å²) in [6.07, 6.45) is 7.59. The van der Waals surface area contributed by atoms with Gasteiger partial charge in [0.15, 0.2) is 0 Å². The van der Waals surface area contributed by atoms with Crippen LogP contribution in [0, 0.1) is 5.92 Å². The number of aromatic nitrogens is 4. The maximum absolute atomic E-state index is 12.7. The number of hydrogen-bond donors (Lipinski definition) is 1. The monoisotopic (exact) mass is 399 g/mol. The quantitative estimate of drug-likeness (QED) is 0.818. The number of aryl methyl sites for hydroxylation is 1. The molecule has 9 heteroatoms. The molecule has 156 valence electrons. The molecular weight excluding hydrogens is 370 g/mol. The van der Waals surface area contributed by atoms with Crippen LogP contribution in [0.15, 0.2) is 24.7 Å². The lowest BCUT2D eigenvalue weighted by Gasteiger charge is -2.36. The van der Waals surface area contributed by atoms with Crippen molar-refractivity contribution in [2.75, 3.05) is 41.4 Å². The molecule has 2 unspecified atom stereocenters. The Balaban J connectivity index is 1.43. The molecule has 4 heterocycles. The van der Waals surface area contributed by atoms with Crippen molar-refractivity contribution >= 4 is 23.4 Å². The third-order valence-corrected chi connectivity index (χ3v) is 5.51. The largest absolute Gasteiger partial charge is 0.376 e. The van der Waals surface area contributed by atoms with Crippen LogP contribution in [-0.2, 0) is 16.6 Å². The van der Waals surface area contributed by atoms with Gasteiger partial charge in [-0.05, 0) is 24.8 Å². The summed E-state index contributed by atoms with van der Waals surface area (Å²) in [6, 6.07) is 2.11. The fourth-order valence-electron chi connectivity index (χ4n) is 4.05. The van der Waals surface area contributed by atoms with Crippen LogP contribution in [-0.4, -0.2) is 64.0 Å². The van der Waals surface area contributed by atoms with Gasteiger partial charge in [0.05, 0.1) is 24.0 Å². The Labute approximate surface area is 171 Å². The molecule has 2 aromatic rings. The summed E-state index contributed by atoms with van der Waals surface area (Å²) >= 11 is 0. The van der Waals surface area contributed by atoms with E-state index in [1.165, 1.54) is 0 Å². The van der Waals surface area contributed by atoms with Crippen LogP contribution in [0.25, 0.3) is 0 Å². The van der Waals surface area contributed by atoms with Crippen molar-refractivity contribution < 1.29 is 9.53 Å². The highest BCUT2D eigenvalue weighted by molar-refractivity contribution is 5.97. The first-order chi connectivity index (χ1) is 14.0. The van der Waals surface area contributed by atoms with Crippen molar-refractivity contribution in [3.05, 3.63) is 24.7 Å². The molecule has 0 saturated carbocycles. The van der Waals surface area contributed by atoms with Gasteiger partial charge in [0.25, 0.3) is 0 Å². The molecule has 9 nitrogen and oxygen atoms in total. The molecule has 2 aromatic heterocycles. The smallest absolute Gasteiger partial charge is 0.246 e. The topological polar surface area (TPSA) is 88.4 Å². The highest BCUT2D eigenvalue weighted by Gasteiger charge is 2.30. The van der Waals surface area contributed by atoms with E-state index in [9.17, 15) is 4.79 Å². The minimum absolute atomic E-state index is 0.0202. The Bertz CT molecular complexity index is 853. The van der Waals surface area contributed by atoms with Crippen LogP contribution >= 0.6 is 0 Å². The second-order valence-corrected chi connectivity index (χ2v) is 8.05. The van der Waals surface area contributed by atoms with Crippen LogP contribution < -0.4 is 15.1 Å². The van der Waals surface area contributed by atoms with Gasteiger partial charge >= 0.3 is 0 Å². The second kappa shape index (κ2) is 8.36. The molecule has 2 saturated heterocycles. The third kappa shape index (κ3) is 4.34. The molecule has 2 fully saturated rings. The summed E-state index contributed by atoms with van der Waals surface area (Å²) < 4.78 is 7.67. The summed E-state index contributed by atoms with van der Waals surface area (Å²) in [5.74, 6) is 1.81. The van der Waals surface area contributed by atoms with E-state index in [4.69, 9.17) is 4.74 Å². The minimum Gasteiger partial charge on any atom is -0.376 e. The molecule has 0 bridgehead atoms. The van der Waals surface area contributed by atoms with Gasteiger partial charge < -0.3 is 19.9 Å². The number of amides is 1. The maximum Gasteiger partial charge on any atom is 0.246 e. The molecule has 4 rings (SSSR count). The van der Waals surface area contributed by atoms with Gasteiger partial charge in [0.2, 0.25) is 11.9 Å². The third-order valence-electron chi connectivity index (χ3n) is 5.51. The molecule has 29 heavy (non-hydrogen) atoms. The maximum atomic E-state index is 12.7. The number of nitrogens with zero attached hydrogens (tertiary/aromatic N) is 6. The Morgan fingerprint density at radius 2 is 2.17 bits per heavy atom. The first-order valence-electron chi connectivity index (χ1n) is 10.3. The fourth-order valence-corrected chi connectivity index (χ4v) is 4.05. The average molecular weight is 399 g/mol. The molecular formula is C20H29N7O2. The van der Waals surface area contributed by atoms with E-state index in [2.05, 4.69) is 34.2 Å². The highest BCUT2D eigenvalue weighted by Crippen LogP contribution is 2.24. The predicted octanol–water partition coefficient (Wildman–Crippen LogP) is 1.68. The minimum atomic E-state index is 0.0202. The SMILES string of the molecule is CC(C)C1OCCCC1Nc1ccnc(N2CCN(c3cnn(C)c3)C(=O)C2)n1. The molecule has 0 aliphatic carbocycles. The molecule has 0 spiro atoms. The standard InChI is InChI=1S/C20H29N7O2/c1-14(2)19-16(5-4-10-29-19)23-17-6-7-21-20(24-17)26-8-9-27(18(28)13-26)15-11-22-25(3)12-15/h6-7,11-12,14,16,19H,4-5,8-10,13H2,1-3H3,(H,21,23,24). The predicted molar refractivity (Wildman–Crippen MR) is 111 cm³/mol. The second-order valence-electron chi connectivity index (χ2n) is 8.05. The lowest BCUT2D eigenvalue weighted by molar-refractivity contribution is -0.117. The van der Waals surface area contributed by atoms with Gasteiger partial charge in [-0.1, -0.05) is 13.8 Å². The summed E-state index contributed by atoms with van der Waals surface area (Å²) in [5, 5.41) is 7.69. The molecule has 2 atom stereocenters. The number of hydrogen-bond acceptors (Lipinski definition) is 7. The zero-order valence-corrected chi connectivity index (χ0v) is 17.3. The van der Waals surface area contributed by atoms with Crippen molar-refractivity contribution in [3.8, 4) is 0 Å². The van der Waals surface area contributed by atoms with Crippen LogP contribution in [0.3, 0.4) is 0 Å². The van der Waals surface area contributed by atoms with Gasteiger partial charge in [-0.3, -0.25) is 9.48 Å². The van der Waals surface area contributed by atoms with Gasteiger partial charge in [-0.15, -0.1) is 0 Å².